The van der Waals surface area contributed by atoms with Crippen molar-refractivity contribution in [2.45, 2.75) is 20.5 Å². The summed E-state index contributed by atoms with van der Waals surface area (Å²) < 4.78 is 12.3. The first-order chi connectivity index (χ1) is 10.7. The summed E-state index contributed by atoms with van der Waals surface area (Å²) in [5, 5.41) is 11.7. The van der Waals surface area contributed by atoms with E-state index in [4.69, 9.17) is 14.7 Å². The highest BCUT2D eigenvalue weighted by atomic mass is 79.9. The third-order valence-electron chi connectivity index (χ3n) is 3.17. The van der Waals surface area contributed by atoms with Crippen LogP contribution in [0, 0.1) is 6.92 Å². The van der Waals surface area contributed by atoms with Crippen molar-refractivity contribution in [2.24, 2.45) is 5.16 Å². The Morgan fingerprint density at radius 2 is 2.00 bits per heavy atom. The lowest BCUT2D eigenvalue weighted by atomic mass is 10.1. The van der Waals surface area contributed by atoms with Crippen LogP contribution in [0.4, 0.5) is 0 Å². The fraction of sp³-hybridized carbons (Fsp3) is 0.235. The summed E-state index contributed by atoms with van der Waals surface area (Å²) in [6.45, 7) is 4.94. The molecule has 0 heterocycles. The molecule has 1 N–H and O–H groups in total. The lowest BCUT2D eigenvalue weighted by molar-refractivity contribution is 0.267. The molecular formula is C17H18BrNO3. The summed E-state index contributed by atoms with van der Waals surface area (Å²) in [7, 11) is 0. The third kappa shape index (κ3) is 4.01. The molecule has 0 radical (unpaired) electrons. The van der Waals surface area contributed by atoms with E-state index in [1.807, 2.05) is 31.2 Å². The Hall–Kier alpha value is -2.01. The molecule has 5 heteroatoms. The van der Waals surface area contributed by atoms with Crippen LogP contribution in [-0.2, 0) is 6.61 Å². The molecule has 22 heavy (non-hydrogen) atoms. The van der Waals surface area contributed by atoms with Crippen molar-refractivity contribution in [3.8, 4) is 11.5 Å². The van der Waals surface area contributed by atoms with Crippen LogP contribution in [0.5, 0.6) is 11.5 Å². The number of aryl methyl sites for hydroxylation is 1. The molecule has 0 unspecified atom stereocenters. The molecule has 116 valence electrons. The normalized spacial score (nSPS) is 10.9. The van der Waals surface area contributed by atoms with Crippen molar-refractivity contribution >= 4 is 22.1 Å². The number of halogens is 1. The van der Waals surface area contributed by atoms with Gasteiger partial charge in [-0.2, -0.15) is 0 Å². The molecule has 0 saturated carbocycles. The van der Waals surface area contributed by atoms with Crippen molar-refractivity contribution in [3.63, 3.8) is 0 Å². The highest BCUT2D eigenvalue weighted by molar-refractivity contribution is 9.10. The maximum absolute atomic E-state index is 8.67. The first kappa shape index (κ1) is 16.4. The minimum atomic E-state index is 0.457. The van der Waals surface area contributed by atoms with Gasteiger partial charge in [-0.1, -0.05) is 29.4 Å². The van der Waals surface area contributed by atoms with Crippen molar-refractivity contribution in [1.82, 2.24) is 0 Å². The van der Waals surface area contributed by atoms with E-state index in [0.29, 0.717) is 24.7 Å². The van der Waals surface area contributed by atoms with Crippen LogP contribution < -0.4 is 9.47 Å². The van der Waals surface area contributed by atoms with E-state index in [2.05, 4.69) is 34.1 Å². The van der Waals surface area contributed by atoms with Crippen molar-refractivity contribution in [3.05, 3.63) is 57.6 Å². The smallest absolute Gasteiger partial charge is 0.175 e. The standard InChI is InChI=1S/C17H18BrNO3/c1-3-21-16-9-13(10-19-20)8-15(18)17(16)22-11-14-7-5-4-6-12(14)2/h4-10,20H,3,11H2,1-2H3/b19-10+. The Morgan fingerprint density at radius 1 is 1.23 bits per heavy atom. The van der Waals surface area contributed by atoms with Gasteiger partial charge in [-0.3, -0.25) is 0 Å². The van der Waals surface area contributed by atoms with E-state index in [0.717, 1.165) is 15.6 Å². The van der Waals surface area contributed by atoms with E-state index >= 15 is 0 Å². The summed E-state index contributed by atoms with van der Waals surface area (Å²) in [6.07, 6.45) is 1.35. The molecule has 0 amide bonds. The number of hydrogen-bond acceptors (Lipinski definition) is 4. The molecule has 0 aromatic heterocycles. The quantitative estimate of drug-likeness (QED) is 0.465. The number of hydrogen-bond donors (Lipinski definition) is 1. The highest BCUT2D eigenvalue weighted by Crippen LogP contribution is 2.37. The summed E-state index contributed by atoms with van der Waals surface area (Å²) in [4.78, 5) is 0. The third-order valence-corrected chi connectivity index (χ3v) is 3.76. The van der Waals surface area contributed by atoms with Crippen molar-refractivity contribution in [1.29, 1.82) is 0 Å². The van der Waals surface area contributed by atoms with Crippen LogP contribution in [0.1, 0.15) is 23.6 Å². The zero-order valence-electron chi connectivity index (χ0n) is 12.5. The van der Waals surface area contributed by atoms with Gasteiger partial charge in [0.15, 0.2) is 11.5 Å². The summed E-state index contributed by atoms with van der Waals surface area (Å²) in [5.41, 5.74) is 3.03. The molecule has 0 aliphatic carbocycles. The maximum Gasteiger partial charge on any atom is 0.175 e. The maximum atomic E-state index is 8.67. The first-order valence-electron chi connectivity index (χ1n) is 6.96. The minimum Gasteiger partial charge on any atom is -0.490 e. The predicted molar refractivity (Wildman–Crippen MR) is 90.2 cm³/mol. The molecule has 0 aliphatic heterocycles. The van der Waals surface area contributed by atoms with Gasteiger partial charge in [-0.05, 0) is 53.0 Å². The van der Waals surface area contributed by atoms with Gasteiger partial charge in [0.2, 0.25) is 0 Å². The van der Waals surface area contributed by atoms with Gasteiger partial charge < -0.3 is 14.7 Å². The van der Waals surface area contributed by atoms with Gasteiger partial charge in [0, 0.05) is 5.56 Å². The Bertz CT molecular complexity index is 671. The molecular weight excluding hydrogens is 346 g/mol. The average Bonchev–Trinajstić information content (AvgIpc) is 2.49. The van der Waals surface area contributed by atoms with Crippen LogP contribution >= 0.6 is 15.9 Å². The van der Waals surface area contributed by atoms with E-state index < -0.39 is 0 Å². The van der Waals surface area contributed by atoms with Crippen LogP contribution in [0.25, 0.3) is 0 Å². The lowest BCUT2D eigenvalue weighted by Gasteiger charge is -2.15. The average molecular weight is 364 g/mol. The van der Waals surface area contributed by atoms with Gasteiger partial charge in [-0.15, -0.1) is 0 Å². The molecule has 2 aromatic rings. The van der Waals surface area contributed by atoms with E-state index in [-0.39, 0.29) is 0 Å². The predicted octanol–water partition coefficient (Wildman–Crippen LogP) is 4.54. The zero-order valence-corrected chi connectivity index (χ0v) is 14.1. The molecule has 0 fully saturated rings. The van der Waals surface area contributed by atoms with Gasteiger partial charge in [-0.25, -0.2) is 0 Å². The fourth-order valence-corrected chi connectivity index (χ4v) is 2.63. The number of oxime groups is 1. The molecule has 0 saturated heterocycles. The molecule has 2 aromatic carbocycles. The number of benzene rings is 2. The second-order valence-corrected chi connectivity index (χ2v) is 5.58. The van der Waals surface area contributed by atoms with Gasteiger partial charge in [0.1, 0.15) is 6.61 Å². The van der Waals surface area contributed by atoms with E-state index in [1.165, 1.54) is 11.8 Å². The fourth-order valence-electron chi connectivity index (χ4n) is 2.05. The summed E-state index contributed by atoms with van der Waals surface area (Å²) >= 11 is 3.48. The second kappa shape index (κ2) is 7.84. The Kier molecular flexibility index (Phi) is 5.83. The topological polar surface area (TPSA) is 51.0 Å². The molecule has 2 rings (SSSR count). The van der Waals surface area contributed by atoms with Crippen LogP contribution in [0.15, 0.2) is 46.0 Å². The largest absolute Gasteiger partial charge is 0.490 e. The van der Waals surface area contributed by atoms with E-state index in [1.54, 1.807) is 6.07 Å². The Balaban J connectivity index is 2.27. The zero-order chi connectivity index (χ0) is 15.9. The first-order valence-corrected chi connectivity index (χ1v) is 7.76. The number of rotatable bonds is 6. The summed E-state index contributed by atoms with van der Waals surface area (Å²) in [6, 6.07) is 11.7. The van der Waals surface area contributed by atoms with Crippen molar-refractivity contribution < 1.29 is 14.7 Å². The summed E-state index contributed by atoms with van der Waals surface area (Å²) in [5.74, 6) is 1.25. The van der Waals surface area contributed by atoms with Crippen LogP contribution in [0.2, 0.25) is 0 Å². The van der Waals surface area contributed by atoms with Crippen LogP contribution in [-0.4, -0.2) is 18.0 Å². The van der Waals surface area contributed by atoms with Gasteiger partial charge in [0.25, 0.3) is 0 Å². The van der Waals surface area contributed by atoms with Crippen molar-refractivity contribution in [2.75, 3.05) is 6.61 Å². The van der Waals surface area contributed by atoms with Gasteiger partial charge in [0.05, 0.1) is 17.3 Å². The highest BCUT2D eigenvalue weighted by Gasteiger charge is 2.12. The molecule has 0 aliphatic rings. The lowest BCUT2D eigenvalue weighted by Crippen LogP contribution is -2.02. The molecule has 0 atom stereocenters. The van der Waals surface area contributed by atoms with Crippen LogP contribution in [0.3, 0.4) is 0 Å². The Labute approximate surface area is 138 Å². The second-order valence-electron chi connectivity index (χ2n) is 4.72. The van der Waals surface area contributed by atoms with E-state index in [9.17, 15) is 0 Å². The number of nitrogens with zero attached hydrogens (tertiary/aromatic N) is 1. The SMILES string of the molecule is CCOc1cc(/C=N/O)cc(Br)c1OCc1ccccc1C. The Morgan fingerprint density at radius 3 is 2.68 bits per heavy atom. The monoisotopic (exact) mass is 363 g/mol. The molecule has 4 nitrogen and oxygen atoms in total. The minimum absolute atomic E-state index is 0.457. The van der Waals surface area contributed by atoms with Gasteiger partial charge >= 0.3 is 0 Å². The number of ether oxygens (including phenoxy) is 2. The molecule has 0 spiro atoms. The molecule has 0 bridgehead atoms.